The number of thiocarbonyl (C=S) groups is 1. The number of likely N-dealkylation sites (tertiary alicyclic amines) is 1. The highest BCUT2D eigenvalue weighted by atomic mass is 32.1. The number of allylic oxidation sites excluding steroid dienone is 1. The summed E-state index contributed by atoms with van der Waals surface area (Å²) in [7, 11) is 3.76. The van der Waals surface area contributed by atoms with Crippen molar-refractivity contribution in [2.45, 2.75) is 25.7 Å². The van der Waals surface area contributed by atoms with E-state index >= 15 is 0 Å². The fourth-order valence-electron chi connectivity index (χ4n) is 2.95. The van der Waals surface area contributed by atoms with Gasteiger partial charge in [0.25, 0.3) is 0 Å². The topological polar surface area (TPSA) is 42.6 Å². The molecule has 0 atom stereocenters. The van der Waals surface area contributed by atoms with Gasteiger partial charge in [-0.1, -0.05) is 42.5 Å². The molecule has 1 aliphatic rings. The summed E-state index contributed by atoms with van der Waals surface area (Å²) < 4.78 is 0. The van der Waals surface area contributed by atoms with Crippen molar-refractivity contribution in [3.63, 3.8) is 0 Å². The number of piperidine rings is 1. The second kappa shape index (κ2) is 8.60. The van der Waals surface area contributed by atoms with Crippen LogP contribution < -0.4 is 0 Å². The maximum atomic E-state index is 9.48. The van der Waals surface area contributed by atoms with Crippen molar-refractivity contribution in [1.82, 2.24) is 9.80 Å². The van der Waals surface area contributed by atoms with Crippen molar-refractivity contribution in [2.75, 3.05) is 27.2 Å². The lowest BCUT2D eigenvalue weighted by molar-refractivity contribution is 0.263. The molecule has 1 aromatic rings. The van der Waals surface area contributed by atoms with Crippen LogP contribution in [0.3, 0.4) is 0 Å². The molecule has 1 aromatic carbocycles. The van der Waals surface area contributed by atoms with Crippen molar-refractivity contribution in [3.05, 3.63) is 47.2 Å². The van der Waals surface area contributed by atoms with Gasteiger partial charge in [-0.25, -0.2) is 4.99 Å². The van der Waals surface area contributed by atoms with E-state index in [2.05, 4.69) is 46.3 Å². The Morgan fingerprint density at radius 3 is 2.46 bits per heavy atom. The van der Waals surface area contributed by atoms with Gasteiger partial charge in [-0.15, -0.1) is 0 Å². The molecule has 0 unspecified atom stereocenters. The third kappa shape index (κ3) is 4.65. The first kappa shape index (κ1) is 18.2. The van der Waals surface area contributed by atoms with Crippen LogP contribution in [0.15, 0.2) is 46.6 Å². The highest BCUT2D eigenvalue weighted by Gasteiger charge is 2.22. The molecule has 126 valence electrons. The van der Waals surface area contributed by atoms with Gasteiger partial charge in [0, 0.05) is 32.9 Å². The van der Waals surface area contributed by atoms with E-state index in [0.717, 1.165) is 31.6 Å². The molecular weight excluding hydrogens is 316 g/mol. The van der Waals surface area contributed by atoms with Gasteiger partial charge in [-0.05, 0) is 31.2 Å². The molecule has 1 heterocycles. The molecule has 5 heteroatoms. The number of nitriles is 1. The van der Waals surface area contributed by atoms with Crippen LogP contribution in [0.4, 0.5) is 0 Å². The summed E-state index contributed by atoms with van der Waals surface area (Å²) in [6.45, 7) is 3.85. The Morgan fingerprint density at radius 2 is 1.92 bits per heavy atom. The molecular formula is C19H24N4S. The van der Waals surface area contributed by atoms with Crippen LogP contribution in [0.25, 0.3) is 0 Å². The van der Waals surface area contributed by atoms with Crippen LogP contribution in [0.1, 0.15) is 31.2 Å². The number of aliphatic imine (C=N–C) groups is 1. The van der Waals surface area contributed by atoms with Crippen LogP contribution in [0, 0.1) is 11.3 Å². The van der Waals surface area contributed by atoms with Crippen LogP contribution in [-0.2, 0) is 0 Å². The van der Waals surface area contributed by atoms with Crippen molar-refractivity contribution < 1.29 is 0 Å². The van der Waals surface area contributed by atoms with Gasteiger partial charge in [0.15, 0.2) is 0 Å². The van der Waals surface area contributed by atoms with Crippen molar-refractivity contribution >= 4 is 23.5 Å². The van der Waals surface area contributed by atoms with E-state index in [-0.39, 0.29) is 0 Å². The van der Waals surface area contributed by atoms with Crippen LogP contribution in [-0.4, -0.2) is 48.3 Å². The zero-order valence-electron chi connectivity index (χ0n) is 14.6. The standard InChI is InChI=1S/C19H24N4S/c1-15(18(13-20)19(24)21-14-22(2)3)23-11-9-17(10-12-23)16-7-5-4-6-8-16/h4-8,14,17H,9-12H2,1-3H3/b18-15-,21-14?. The quantitative estimate of drug-likeness (QED) is 0.276. The zero-order valence-corrected chi connectivity index (χ0v) is 15.4. The first-order valence-electron chi connectivity index (χ1n) is 8.18. The summed E-state index contributed by atoms with van der Waals surface area (Å²) in [6, 6.07) is 12.9. The maximum Gasteiger partial charge on any atom is 0.147 e. The second-order valence-electron chi connectivity index (χ2n) is 6.26. The first-order valence-corrected chi connectivity index (χ1v) is 8.59. The first-order chi connectivity index (χ1) is 11.5. The molecule has 0 spiro atoms. The van der Waals surface area contributed by atoms with E-state index in [0.29, 0.717) is 16.5 Å². The lowest BCUT2D eigenvalue weighted by Crippen LogP contribution is -2.32. The van der Waals surface area contributed by atoms with Crippen molar-refractivity contribution in [3.8, 4) is 6.07 Å². The predicted octanol–water partition coefficient (Wildman–Crippen LogP) is 3.58. The second-order valence-corrected chi connectivity index (χ2v) is 6.64. The number of hydrogen-bond donors (Lipinski definition) is 0. The maximum absolute atomic E-state index is 9.48. The number of rotatable bonds is 4. The Bertz CT molecular complexity index is 662. The molecule has 2 rings (SSSR count). The zero-order chi connectivity index (χ0) is 17.5. The fraction of sp³-hybridized carbons (Fsp3) is 0.421. The van der Waals surface area contributed by atoms with Gasteiger partial charge in [-0.3, -0.25) is 0 Å². The van der Waals surface area contributed by atoms with Crippen molar-refractivity contribution in [2.24, 2.45) is 4.99 Å². The summed E-state index contributed by atoms with van der Waals surface area (Å²) in [5.74, 6) is 0.597. The lowest BCUT2D eigenvalue weighted by atomic mass is 9.89. The van der Waals surface area contributed by atoms with Crippen LogP contribution in [0.2, 0.25) is 0 Å². The number of hydrogen-bond acceptors (Lipinski definition) is 3. The Labute approximate surface area is 150 Å². The summed E-state index contributed by atoms with van der Waals surface area (Å²) in [6.07, 6.45) is 3.82. The summed E-state index contributed by atoms with van der Waals surface area (Å²) in [4.78, 5) is 8.62. The normalized spacial score (nSPS) is 16.7. The highest BCUT2D eigenvalue weighted by Crippen LogP contribution is 2.29. The Balaban J connectivity index is 2.06. The summed E-state index contributed by atoms with van der Waals surface area (Å²) in [5.41, 5.74) is 2.84. The van der Waals surface area contributed by atoms with E-state index in [1.54, 1.807) is 6.34 Å². The van der Waals surface area contributed by atoms with Gasteiger partial charge in [0.1, 0.15) is 16.6 Å². The highest BCUT2D eigenvalue weighted by molar-refractivity contribution is 7.80. The van der Waals surface area contributed by atoms with Gasteiger partial charge >= 0.3 is 0 Å². The smallest absolute Gasteiger partial charge is 0.147 e. The number of benzene rings is 1. The third-order valence-electron chi connectivity index (χ3n) is 4.33. The SMILES string of the molecule is C/C(=C(\C#N)C(=S)N=CN(C)C)N1CCC(c2ccccc2)CC1. The lowest BCUT2D eigenvalue weighted by Gasteiger charge is -2.34. The molecule has 4 nitrogen and oxygen atoms in total. The van der Waals surface area contributed by atoms with E-state index in [1.807, 2.05) is 25.9 Å². The van der Waals surface area contributed by atoms with E-state index in [1.165, 1.54) is 5.56 Å². The average Bonchev–Trinajstić information content (AvgIpc) is 2.61. The molecule has 0 aliphatic carbocycles. The minimum atomic E-state index is 0.355. The van der Waals surface area contributed by atoms with Crippen LogP contribution in [0.5, 0.6) is 0 Å². The summed E-state index contributed by atoms with van der Waals surface area (Å²) >= 11 is 5.31. The molecule has 0 saturated carbocycles. The third-order valence-corrected chi connectivity index (χ3v) is 4.64. The molecule has 0 bridgehead atoms. The van der Waals surface area contributed by atoms with Gasteiger partial charge < -0.3 is 9.80 Å². The molecule has 1 fully saturated rings. The average molecular weight is 340 g/mol. The Kier molecular flexibility index (Phi) is 6.51. The fourth-order valence-corrected chi connectivity index (χ4v) is 3.19. The molecule has 1 aliphatic heterocycles. The van der Waals surface area contributed by atoms with E-state index in [9.17, 15) is 5.26 Å². The molecule has 24 heavy (non-hydrogen) atoms. The predicted molar refractivity (Wildman–Crippen MR) is 103 cm³/mol. The van der Waals surface area contributed by atoms with Crippen molar-refractivity contribution in [1.29, 1.82) is 5.26 Å². The van der Waals surface area contributed by atoms with E-state index < -0.39 is 0 Å². The van der Waals surface area contributed by atoms with E-state index in [4.69, 9.17) is 12.2 Å². The van der Waals surface area contributed by atoms with Crippen LogP contribution >= 0.6 is 12.2 Å². The molecule has 0 amide bonds. The molecule has 0 radical (unpaired) electrons. The van der Waals surface area contributed by atoms with Gasteiger partial charge in [0.2, 0.25) is 0 Å². The Morgan fingerprint density at radius 1 is 1.29 bits per heavy atom. The Hall–Kier alpha value is -2.19. The minimum absolute atomic E-state index is 0.355. The van der Waals surface area contributed by atoms with Gasteiger partial charge in [0.05, 0.1) is 6.34 Å². The minimum Gasteiger partial charge on any atom is -0.374 e. The van der Waals surface area contributed by atoms with Gasteiger partial charge in [-0.2, -0.15) is 5.26 Å². The largest absolute Gasteiger partial charge is 0.374 e. The monoisotopic (exact) mass is 340 g/mol. The number of nitrogens with zero attached hydrogens (tertiary/aromatic N) is 4. The molecule has 0 aromatic heterocycles. The molecule has 1 saturated heterocycles. The molecule has 0 N–H and O–H groups in total. The summed E-state index contributed by atoms with van der Waals surface area (Å²) in [5, 5.41) is 9.48.